The molecule has 2 aromatic carbocycles. The molecule has 2 aliphatic heterocycles. The first-order valence-corrected chi connectivity index (χ1v) is 11.5. The van der Waals surface area contributed by atoms with Crippen molar-refractivity contribution < 1.29 is 52.5 Å². The lowest BCUT2D eigenvalue weighted by Crippen LogP contribution is -2.68. The van der Waals surface area contributed by atoms with E-state index in [4.69, 9.17) is 19.9 Å². The summed E-state index contributed by atoms with van der Waals surface area (Å²) < 4.78 is 29.2. The van der Waals surface area contributed by atoms with Crippen molar-refractivity contribution in [2.45, 2.75) is 37.3 Å². The Morgan fingerprint density at radius 2 is 1.68 bits per heavy atom. The molecule has 2 heterocycles. The number of carbonyl (C=O) groups excluding carboxylic acids is 4. The highest BCUT2D eigenvalue weighted by Crippen LogP contribution is 2.39. The number of nitrogens with two attached hydrogens (primary N) is 1. The van der Waals surface area contributed by atoms with Crippen molar-refractivity contribution >= 4 is 24.0 Å². The average molecular weight is 530 g/mol. The van der Waals surface area contributed by atoms with Crippen molar-refractivity contribution in [3.8, 4) is 0 Å². The van der Waals surface area contributed by atoms with Gasteiger partial charge in [-0.15, -0.1) is 0 Å². The summed E-state index contributed by atoms with van der Waals surface area (Å²) in [6, 6.07) is 15.0. The van der Waals surface area contributed by atoms with E-state index in [9.17, 15) is 33.8 Å². The second-order valence-corrected chi connectivity index (χ2v) is 8.55. The molecule has 0 bridgehead atoms. The number of ether oxygens (including phenoxy) is 3. The maximum Gasteiger partial charge on any atom is 0.532 e. The number of quaternary nitrogens is 1. The van der Waals surface area contributed by atoms with Crippen molar-refractivity contribution in [1.29, 1.82) is 0 Å². The molecule has 0 aliphatic carbocycles. The van der Waals surface area contributed by atoms with Crippen LogP contribution < -0.4 is 11.1 Å². The lowest BCUT2D eigenvalue weighted by atomic mass is 9.98. The number of hydrogen-bond donors (Lipinski definition) is 4. The number of hydrogen-bond acceptors (Lipinski definition) is 10. The van der Waals surface area contributed by atoms with Crippen molar-refractivity contribution in [3.63, 3.8) is 0 Å². The Morgan fingerprint density at radius 1 is 1.05 bits per heavy atom. The Bertz CT molecular complexity index is 1240. The lowest BCUT2D eigenvalue weighted by molar-refractivity contribution is -0.788. The summed E-state index contributed by atoms with van der Waals surface area (Å²) in [6.07, 6.45) is -9.77. The summed E-state index contributed by atoms with van der Waals surface area (Å²) in [5.74, 6) is -3.81. The molecule has 13 heteroatoms. The second-order valence-electron chi connectivity index (χ2n) is 8.55. The fourth-order valence-corrected chi connectivity index (χ4v) is 4.23. The fraction of sp³-hybridized carbons (Fsp3) is 0.280. The van der Waals surface area contributed by atoms with E-state index in [-0.39, 0.29) is 6.61 Å². The molecule has 4 rings (SSSR count). The molecular formula is C25H25FN3O9+. The maximum absolute atomic E-state index is 14.6. The van der Waals surface area contributed by atoms with Crippen LogP contribution in [0.1, 0.15) is 17.2 Å². The third kappa shape index (κ3) is 5.05. The Hall–Kier alpha value is -4.01. The van der Waals surface area contributed by atoms with Gasteiger partial charge in [0.25, 0.3) is 5.91 Å². The Balaban J connectivity index is 1.72. The van der Waals surface area contributed by atoms with Crippen LogP contribution in [-0.4, -0.2) is 69.8 Å². The van der Waals surface area contributed by atoms with Crippen LogP contribution in [0, 0.1) is 0 Å². The van der Waals surface area contributed by atoms with Crippen molar-refractivity contribution in [2.24, 2.45) is 5.73 Å². The van der Waals surface area contributed by atoms with Crippen LogP contribution in [0.25, 0.3) is 0 Å². The van der Waals surface area contributed by atoms with Crippen molar-refractivity contribution in [1.82, 2.24) is 5.32 Å². The normalized spacial score (nSPS) is 27.7. The minimum Gasteiger partial charge on any atom is -0.454 e. The minimum absolute atomic E-state index is 0.337. The predicted octanol–water partition coefficient (Wildman–Crippen LogP) is 0.891. The van der Waals surface area contributed by atoms with Crippen LogP contribution in [0.3, 0.4) is 0 Å². The van der Waals surface area contributed by atoms with Crippen LogP contribution in [0.15, 0.2) is 72.7 Å². The zero-order chi connectivity index (χ0) is 27.4. The Kier molecular flexibility index (Phi) is 7.94. The number of benzene rings is 2. The number of aliphatic hydroxyl groups excluding tert-OH is 2. The highest BCUT2D eigenvalue weighted by Gasteiger charge is 2.66. The van der Waals surface area contributed by atoms with E-state index in [1.807, 2.05) is 0 Å². The third-order valence-electron chi connectivity index (χ3n) is 6.13. The van der Waals surface area contributed by atoms with Crippen LogP contribution >= 0.6 is 0 Å². The molecule has 2 aromatic rings. The van der Waals surface area contributed by atoms with Gasteiger partial charge in [0, 0.05) is 0 Å². The number of aliphatic hydroxyl groups is 2. The maximum atomic E-state index is 14.6. The van der Waals surface area contributed by atoms with Gasteiger partial charge in [-0.1, -0.05) is 65.1 Å². The van der Waals surface area contributed by atoms with Crippen LogP contribution in [0.4, 0.5) is 14.0 Å². The van der Waals surface area contributed by atoms with Crippen LogP contribution in [0.2, 0.25) is 0 Å². The lowest BCUT2D eigenvalue weighted by Gasteiger charge is -2.35. The van der Waals surface area contributed by atoms with Crippen LogP contribution in [0.5, 0.6) is 0 Å². The van der Waals surface area contributed by atoms with Crippen LogP contribution in [-0.2, 0) is 30.4 Å². The van der Waals surface area contributed by atoms with E-state index in [2.05, 4.69) is 0 Å². The van der Waals surface area contributed by atoms with Gasteiger partial charge in [0.15, 0.2) is 18.4 Å². The molecule has 4 amide bonds. The van der Waals surface area contributed by atoms with Gasteiger partial charge >= 0.3 is 18.1 Å². The molecular weight excluding hydrogens is 505 g/mol. The minimum atomic E-state index is -2.00. The highest BCUT2D eigenvalue weighted by molar-refractivity contribution is 6.04. The van der Waals surface area contributed by atoms with Gasteiger partial charge in [-0.3, -0.25) is 9.59 Å². The molecule has 38 heavy (non-hydrogen) atoms. The Labute approximate surface area is 215 Å². The van der Waals surface area contributed by atoms with E-state index in [1.165, 1.54) is 0 Å². The van der Waals surface area contributed by atoms with Gasteiger partial charge in [-0.05, 0) is 11.1 Å². The van der Waals surface area contributed by atoms with E-state index in [0.29, 0.717) is 17.3 Å². The van der Waals surface area contributed by atoms with Gasteiger partial charge in [-0.2, -0.15) is 9.18 Å². The average Bonchev–Trinajstić information content (AvgIpc) is 3.22. The largest absolute Gasteiger partial charge is 0.532 e. The van der Waals surface area contributed by atoms with Gasteiger partial charge in [0.05, 0.1) is 6.54 Å². The fourth-order valence-electron chi connectivity index (χ4n) is 4.23. The van der Waals surface area contributed by atoms with E-state index in [1.54, 1.807) is 66.0 Å². The molecule has 5 N–H and O–H groups in total. The summed E-state index contributed by atoms with van der Waals surface area (Å²) in [5, 5.41) is 23.6. The standard InChI is InChI=1S/C25H24FN3O9/c26-16-12-29(24(34)28-22(16)33,25(35)36-13-14-7-3-1-4-8-14)23-19(32)18(31)21(38-23)20(37-17(30)11-27)15-9-5-2-6-10-15/h1-10,12,18-21,23,31-32H,11,13,27H2/p+1/t18-,19+,20?,21-,23+,29?/m0/s1. The summed E-state index contributed by atoms with van der Waals surface area (Å²) >= 11 is 0. The predicted molar refractivity (Wildman–Crippen MR) is 125 cm³/mol. The number of amides is 4. The van der Waals surface area contributed by atoms with Crippen molar-refractivity contribution in [3.05, 3.63) is 83.8 Å². The zero-order valence-electron chi connectivity index (χ0n) is 19.8. The SMILES string of the molecule is NCC(=O)OC(c1ccccc1)[C@H]1O[C@@H]([N+]2(C(=O)OCc3ccccc3)C=C(F)C(=O)NC2=O)[C@H](O)[C@@H]1O. The molecule has 2 aliphatic rings. The number of esters is 1. The molecule has 0 spiro atoms. The van der Waals surface area contributed by atoms with Gasteiger partial charge in [0.2, 0.25) is 12.1 Å². The molecule has 0 radical (unpaired) electrons. The summed E-state index contributed by atoms with van der Waals surface area (Å²) in [4.78, 5) is 50.3. The quantitative estimate of drug-likeness (QED) is 0.297. The first kappa shape index (κ1) is 27.0. The van der Waals surface area contributed by atoms with E-state index in [0.717, 1.165) is 0 Å². The first-order valence-electron chi connectivity index (χ1n) is 11.5. The number of rotatable bonds is 7. The summed E-state index contributed by atoms with van der Waals surface area (Å²) in [5.41, 5.74) is 6.23. The van der Waals surface area contributed by atoms with Gasteiger partial charge in [-0.25, -0.2) is 10.1 Å². The number of halogens is 1. The topological polar surface area (TPSA) is 174 Å². The van der Waals surface area contributed by atoms with Crippen molar-refractivity contribution in [2.75, 3.05) is 6.54 Å². The first-order chi connectivity index (χ1) is 18.2. The van der Waals surface area contributed by atoms with Gasteiger partial charge < -0.3 is 30.2 Å². The van der Waals surface area contributed by atoms with E-state index >= 15 is 0 Å². The molecule has 12 nitrogen and oxygen atoms in total. The molecule has 2 unspecified atom stereocenters. The molecule has 1 saturated heterocycles. The molecule has 6 atom stereocenters. The smallest absolute Gasteiger partial charge is 0.454 e. The number of urea groups is 1. The van der Waals surface area contributed by atoms with Gasteiger partial charge in [0.1, 0.15) is 18.8 Å². The number of nitrogens with zero attached hydrogens (tertiary/aromatic N) is 1. The third-order valence-corrected chi connectivity index (χ3v) is 6.13. The number of carbonyl (C=O) groups is 4. The summed E-state index contributed by atoms with van der Waals surface area (Å²) in [6.45, 7) is -0.853. The summed E-state index contributed by atoms with van der Waals surface area (Å²) in [7, 11) is 0. The zero-order valence-corrected chi connectivity index (χ0v) is 19.8. The molecule has 0 aromatic heterocycles. The number of nitrogens with one attached hydrogen (secondary N) is 1. The monoisotopic (exact) mass is 530 g/mol. The highest BCUT2D eigenvalue weighted by atomic mass is 19.1. The molecule has 200 valence electrons. The molecule has 0 saturated carbocycles. The molecule has 1 fully saturated rings. The Morgan fingerprint density at radius 3 is 2.32 bits per heavy atom. The van der Waals surface area contributed by atoms with E-state index < -0.39 is 71.5 Å². The number of imide groups is 2. The second kappa shape index (κ2) is 11.2.